The van der Waals surface area contributed by atoms with E-state index in [2.05, 4.69) is 15.8 Å². The summed E-state index contributed by atoms with van der Waals surface area (Å²) in [5.41, 5.74) is 2.25. The van der Waals surface area contributed by atoms with Crippen LogP contribution in [0.1, 0.15) is 12.8 Å². The van der Waals surface area contributed by atoms with E-state index in [1.807, 2.05) is 0 Å². The summed E-state index contributed by atoms with van der Waals surface area (Å²) in [6, 6.07) is 1.78. The minimum absolute atomic E-state index is 0.145. The summed E-state index contributed by atoms with van der Waals surface area (Å²) in [6.07, 6.45) is 1.26. The molecule has 1 fully saturated rings. The molecular weight excluding hydrogens is 222 g/mol. The van der Waals surface area contributed by atoms with Crippen LogP contribution in [0.3, 0.4) is 0 Å². The molecule has 0 amide bonds. The maximum absolute atomic E-state index is 10.3. The predicted molar refractivity (Wildman–Crippen MR) is 50.8 cm³/mol. The minimum Gasteiger partial charge on any atom is -0.289 e. The lowest BCUT2D eigenvalue weighted by Crippen LogP contribution is -2.48. The van der Waals surface area contributed by atoms with Crippen molar-refractivity contribution in [2.45, 2.75) is 24.9 Å². The summed E-state index contributed by atoms with van der Waals surface area (Å²) in [5.74, 6) is 0. The maximum atomic E-state index is 10.3. The molecule has 0 aromatic heterocycles. The average Bonchev–Trinajstić information content (AvgIpc) is 2.14. The Balaban J connectivity index is 2.39. The second kappa shape index (κ2) is 4.87. The van der Waals surface area contributed by atoms with Crippen LogP contribution in [0.4, 0.5) is 0 Å². The van der Waals surface area contributed by atoms with Gasteiger partial charge in [0.2, 0.25) is 0 Å². The fraction of sp³-hybridized carbons (Fsp3) is 0.857. The van der Waals surface area contributed by atoms with E-state index in [0.717, 1.165) is 0 Å². The second-order valence-corrected chi connectivity index (χ2v) is 4.51. The van der Waals surface area contributed by atoms with Crippen LogP contribution in [0.2, 0.25) is 0 Å². The van der Waals surface area contributed by atoms with Crippen LogP contribution in [-0.4, -0.2) is 43.5 Å². The number of likely N-dealkylation sites (N-methyl/N-ethyl adjacent to an activating group) is 1. The van der Waals surface area contributed by atoms with E-state index in [1.54, 1.807) is 11.9 Å². The molecule has 1 aliphatic rings. The van der Waals surface area contributed by atoms with Gasteiger partial charge in [0.05, 0.1) is 12.1 Å². The standard InChI is InChI=1S/C7H13N3O4S/c1-10-5-6(2-3-7(10)4-8)9-14-15(11,12)13/h6-7,9H,2-3,5H2,1H3,(H,11,12,13)/t6-,7+/m1/s1. The molecule has 0 spiro atoms. The van der Waals surface area contributed by atoms with Crippen molar-refractivity contribution < 1.29 is 17.3 Å². The van der Waals surface area contributed by atoms with Gasteiger partial charge in [-0.15, -0.1) is 0 Å². The molecule has 1 saturated heterocycles. The van der Waals surface area contributed by atoms with Gasteiger partial charge >= 0.3 is 10.4 Å². The molecule has 0 unspecified atom stereocenters. The summed E-state index contributed by atoms with van der Waals surface area (Å²) >= 11 is 0. The number of likely N-dealkylation sites (tertiary alicyclic amines) is 1. The summed E-state index contributed by atoms with van der Waals surface area (Å²) in [5, 5.41) is 8.73. The number of piperidine rings is 1. The lowest BCUT2D eigenvalue weighted by atomic mass is 10.0. The van der Waals surface area contributed by atoms with Crippen LogP contribution in [0.15, 0.2) is 0 Å². The van der Waals surface area contributed by atoms with Crippen molar-refractivity contribution in [1.82, 2.24) is 10.4 Å². The van der Waals surface area contributed by atoms with Crippen molar-refractivity contribution >= 4 is 10.4 Å². The van der Waals surface area contributed by atoms with Crippen LogP contribution in [0.5, 0.6) is 0 Å². The van der Waals surface area contributed by atoms with Gasteiger partial charge in [0, 0.05) is 12.6 Å². The van der Waals surface area contributed by atoms with Gasteiger partial charge in [0.15, 0.2) is 0 Å². The highest BCUT2D eigenvalue weighted by Gasteiger charge is 2.26. The van der Waals surface area contributed by atoms with Crippen LogP contribution in [0.25, 0.3) is 0 Å². The molecule has 15 heavy (non-hydrogen) atoms. The first-order valence-corrected chi connectivity index (χ1v) is 5.80. The highest BCUT2D eigenvalue weighted by Crippen LogP contribution is 2.14. The predicted octanol–water partition coefficient (Wildman–Crippen LogP) is -0.703. The SMILES string of the molecule is CN1C[C@H](NOS(=O)(=O)O)CC[C@H]1C#N. The molecule has 1 rings (SSSR count). The Kier molecular flexibility index (Phi) is 4.01. The zero-order chi connectivity index (χ0) is 11.5. The van der Waals surface area contributed by atoms with Crippen molar-refractivity contribution in [2.24, 2.45) is 0 Å². The molecule has 1 aliphatic heterocycles. The van der Waals surface area contributed by atoms with Crippen molar-refractivity contribution in [3.63, 3.8) is 0 Å². The Bertz CT molecular complexity index is 350. The topological polar surface area (TPSA) is 103 Å². The fourth-order valence-electron chi connectivity index (χ4n) is 1.53. The van der Waals surface area contributed by atoms with Crippen molar-refractivity contribution in [3.8, 4) is 6.07 Å². The zero-order valence-electron chi connectivity index (χ0n) is 8.25. The van der Waals surface area contributed by atoms with Gasteiger partial charge in [-0.1, -0.05) is 0 Å². The minimum atomic E-state index is -4.45. The molecule has 0 aromatic rings. The van der Waals surface area contributed by atoms with Gasteiger partial charge in [-0.05, 0) is 19.9 Å². The largest absolute Gasteiger partial charge is 0.413 e. The Morgan fingerprint density at radius 3 is 2.73 bits per heavy atom. The van der Waals surface area contributed by atoms with E-state index in [1.165, 1.54) is 0 Å². The van der Waals surface area contributed by atoms with Crippen LogP contribution in [-0.2, 0) is 14.7 Å². The number of hydrogen-bond acceptors (Lipinski definition) is 6. The van der Waals surface area contributed by atoms with E-state index in [9.17, 15) is 8.42 Å². The summed E-state index contributed by atoms with van der Waals surface area (Å²) in [6.45, 7) is 0.494. The van der Waals surface area contributed by atoms with E-state index in [0.29, 0.717) is 19.4 Å². The molecule has 86 valence electrons. The van der Waals surface area contributed by atoms with Gasteiger partial charge < -0.3 is 0 Å². The molecule has 0 aliphatic carbocycles. The van der Waals surface area contributed by atoms with E-state index >= 15 is 0 Å². The average molecular weight is 235 g/mol. The third kappa shape index (κ3) is 4.11. The molecule has 8 heteroatoms. The normalized spacial score (nSPS) is 28.6. The Labute approximate surface area is 88.5 Å². The van der Waals surface area contributed by atoms with Crippen molar-refractivity contribution in [2.75, 3.05) is 13.6 Å². The highest BCUT2D eigenvalue weighted by atomic mass is 32.3. The monoisotopic (exact) mass is 235 g/mol. The van der Waals surface area contributed by atoms with Gasteiger partial charge in [-0.3, -0.25) is 9.45 Å². The Hall–Kier alpha value is -0.720. The van der Waals surface area contributed by atoms with E-state index in [-0.39, 0.29) is 12.1 Å². The second-order valence-electron chi connectivity index (χ2n) is 3.49. The molecule has 0 bridgehead atoms. The lowest BCUT2D eigenvalue weighted by molar-refractivity contribution is 0.0861. The lowest BCUT2D eigenvalue weighted by Gasteiger charge is -2.32. The first kappa shape index (κ1) is 12.4. The molecule has 0 saturated carbocycles. The number of nitriles is 1. The van der Waals surface area contributed by atoms with Gasteiger partial charge in [0.25, 0.3) is 0 Å². The van der Waals surface area contributed by atoms with E-state index < -0.39 is 10.4 Å². The van der Waals surface area contributed by atoms with Crippen LogP contribution in [0, 0.1) is 11.3 Å². The molecule has 0 radical (unpaired) electrons. The number of rotatable bonds is 3. The molecule has 2 N–H and O–H groups in total. The van der Waals surface area contributed by atoms with Crippen LogP contribution < -0.4 is 5.48 Å². The Morgan fingerprint density at radius 2 is 2.27 bits per heavy atom. The first-order valence-electron chi connectivity index (χ1n) is 4.43. The van der Waals surface area contributed by atoms with Crippen molar-refractivity contribution in [3.05, 3.63) is 0 Å². The zero-order valence-corrected chi connectivity index (χ0v) is 9.07. The van der Waals surface area contributed by atoms with Crippen LogP contribution >= 0.6 is 0 Å². The van der Waals surface area contributed by atoms with Gasteiger partial charge in [-0.25, -0.2) is 0 Å². The number of hydroxylamine groups is 1. The van der Waals surface area contributed by atoms with Crippen molar-refractivity contribution in [1.29, 1.82) is 5.26 Å². The third-order valence-corrected chi connectivity index (χ3v) is 2.60. The molecule has 1 heterocycles. The van der Waals surface area contributed by atoms with Gasteiger partial charge in [-0.2, -0.15) is 23.4 Å². The molecule has 7 nitrogen and oxygen atoms in total. The molecular formula is C7H13N3O4S. The third-order valence-electron chi connectivity index (χ3n) is 2.30. The highest BCUT2D eigenvalue weighted by molar-refractivity contribution is 7.80. The number of nitrogens with zero attached hydrogens (tertiary/aromatic N) is 2. The summed E-state index contributed by atoms with van der Waals surface area (Å²) < 4.78 is 32.9. The number of hydrogen-bond donors (Lipinski definition) is 2. The quantitative estimate of drug-likeness (QED) is 0.492. The molecule has 2 atom stereocenters. The Morgan fingerprint density at radius 1 is 1.60 bits per heavy atom. The number of nitrogens with one attached hydrogen (secondary N) is 1. The maximum Gasteiger partial charge on any atom is 0.413 e. The van der Waals surface area contributed by atoms with Gasteiger partial charge in [0.1, 0.15) is 0 Å². The summed E-state index contributed by atoms with van der Waals surface area (Å²) in [7, 11) is -2.68. The summed E-state index contributed by atoms with van der Waals surface area (Å²) in [4.78, 5) is 1.80. The fourth-order valence-corrected chi connectivity index (χ4v) is 1.79. The van der Waals surface area contributed by atoms with E-state index in [4.69, 9.17) is 9.81 Å². The smallest absolute Gasteiger partial charge is 0.289 e. The first-order chi connectivity index (χ1) is 6.92. The molecule has 0 aromatic carbocycles.